The Morgan fingerprint density at radius 1 is 1.04 bits per heavy atom. The number of carbonyl (C=O) groups excluding carboxylic acids is 1. The third kappa shape index (κ3) is 4.72. The van der Waals surface area contributed by atoms with Gasteiger partial charge in [0.25, 0.3) is 0 Å². The summed E-state index contributed by atoms with van der Waals surface area (Å²) in [6.45, 7) is 0.942. The van der Waals surface area contributed by atoms with Crippen LogP contribution in [0, 0.1) is 0 Å². The summed E-state index contributed by atoms with van der Waals surface area (Å²) in [4.78, 5) is 12.0. The molecule has 0 unspecified atom stereocenters. The smallest absolute Gasteiger partial charge is 0.176 e. The van der Waals surface area contributed by atoms with E-state index < -0.39 is 0 Å². The third-order valence-corrected chi connectivity index (χ3v) is 3.51. The lowest BCUT2D eigenvalue weighted by Crippen LogP contribution is -2.25. The second-order valence-electron chi connectivity index (χ2n) is 5.09. The minimum Gasteiger partial charge on any atom is -0.508 e. The minimum absolute atomic E-state index is 0.00249. The first-order valence-corrected chi connectivity index (χ1v) is 7.38. The molecule has 0 aromatic heterocycles. The van der Waals surface area contributed by atoms with Crippen LogP contribution in [-0.4, -0.2) is 38.2 Å². The molecular weight excluding hydrogens is 294 g/mol. The Bertz CT molecular complexity index is 653. The number of hydrogen-bond donors (Lipinski definition) is 2. The van der Waals surface area contributed by atoms with E-state index in [1.165, 1.54) is 12.1 Å². The van der Waals surface area contributed by atoms with Crippen LogP contribution in [0.3, 0.4) is 0 Å². The van der Waals surface area contributed by atoms with Crippen LogP contribution in [0.4, 0.5) is 0 Å². The standard InChI is InChI=1S/C18H21NO4/c1-22-17-8-3-13(11-18(17)23-2)9-10-19-12-16(21)14-4-6-15(20)7-5-14/h3-8,11,19-20H,9-10,12H2,1-2H3. The zero-order chi connectivity index (χ0) is 16.7. The average Bonchev–Trinajstić information content (AvgIpc) is 2.58. The van der Waals surface area contributed by atoms with Crippen molar-refractivity contribution < 1.29 is 19.4 Å². The molecular formula is C18H21NO4. The van der Waals surface area contributed by atoms with Crippen molar-refractivity contribution in [3.63, 3.8) is 0 Å². The van der Waals surface area contributed by atoms with Crippen molar-refractivity contribution >= 4 is 5.78 Å². The molecule has 0 atom stereocenters. The normalized spacial score (nSPS) is 10.3. The topological polar surface area (TPSA) is 67.8 Å². The minimum atomic E-state index is -0.00249. The molecule has 0 aliphatic rings. The number of ether oxygens (including phenoxy) is 2. The van der Waals surface area contributed by atoms with Crippen molar-refractivity contribution in [2.24, 2.45) is 0 Å². The Kier molecular flexibility index (Phi) is 6.00. The number of hydrogen-bond acceptors (Lipinski definition) is 5. The first kappa shape index (κ1) is 16.8. The zero-order valence-corrected chi connectivity index (χ0v) is 13.3. The predicted octanol–water partition coefficient (Wildman–Crippen LogP) is 2.42. The Morgan fingerprint density at radius 3 is 2.39 bits per heavy atom. The highest BCUT2D eigenvalue weighted by molar-refractivity contribution is 5.97. The van der Waals surface area contributed by atoms with Crippen molar-refractivity contribution in [2.45, 2.75) is 6.42 Å². The number of benzene rings is 2. The van der Waals surface area contributed by atoms with Crippen LogP contribution in [0.2, 0.25) is 0 Å². The molecule has 0 amide bonds. The van der Waals surface area contributed by atoms with Crippen molar-refractivity contribution in [3.8, 4) is 17.2 Å². The van der Waals surface area contributed by atoms with E-state index in [4.69, 9.17) is 9.47 Å². The molecule has 0 bridgehead atoms. The van der Waals surface area contributed by atoms with Gasteiger partial charge >= 0.3 is 0 Å². The van der Waals surface area contributed by atoms with E-state index in [1.807, 2.05) is 18.2 Å². The summed E-state index contributed by atoms with van der Waals surface area (Å²) < 4.78 is 10.5. The summed E-state index contributed by atoms with van der Waals surface area (Å²) in [7, 11) is 3.21. The van der Waals surface area contributed by atoms with Gasteiger partial charge in [0.1, 0.15) is 5.75 Å². The van der Waals surface area contributed by atoms with Gasteiger partial charge in [-0.15, -0.1) is 0 Å². The van der Waals surface area contributed by atoms with Gasteiger partial charge in [-0.05, 0) is 54.9 Å². The molecule has 2 N–H and O–H groups in total. The summed E-state index contributed by atoms with van der Waals surface area (Å²) in [5, 5.41) is 12.3. The monoisotopic (exact) mass is 315 g/mol. The lowest BCUT2D eigenvalue weighted by Gasteiger charge is -2.10. The number of carbonyl (C=O) groups is 1. The first-order valence-electron chi connectivity index (χ1n) is 7.38. The van der Waals surface area contributed by atoms with E-state index in [0.29, 0.717) is 23.6 Å². The summed E-state index contributed by atoms with van der Waals surface area (Å²) in [6, 6.07) is 12.0. The SMILES string of the molecule is COc1ccc(CCNCC(=O)c2ccc(O)cc2)cc1OC. The number of ketones is 1. The van der Waals surface area contributed by atoms with E-state index in [9.17, 15) is 9.90 Å². The van der Waals surface area contributed by atoms with Gasteiger partial charge in [-0.1, -0.05) is 6.07 Å². The summed E-state index contributed by atoms with van der Waals surface area (Å²) in [5.74, 6) is 1.55. The Labute approximate surface area is 135 Å². The molecule has 2 aromatic carbocycles. The molecule has 0 fully saturated rings. The number of rotatable bonds is 8. The predicted molar refractivity (Wildman–Crippen MR) is 88.6 cm³/mol. The average molecular weight is 315 g/mol. The maximum Gasteiger partial charge on any atom is 0.176 e. The van der Waals surface area contributed by atoms with E-state index >= 15 is 0 Å². The third-order valence-electron chi connectivity index (χ3n) is 3.51. The number of phenolic OH excluding ortho intramolecular Hbond substituents is 1. The summed E-state index contributed by atoms with van der Waals surface area (Å²) >= 11 is 0. The van der Waals surface area contributed by atoms with Crippen molar-refractivity contribution in [3.05, 3.63) is 53.6 Å². The number of nitrogens with one attached hydrogen (secondary N) is 1. The van der Waals surface area contributed by atoms with Gasteiger partial charge in [0.05, 0.1) is 20.8 Å². The fourth-order valence-corrected chi connectivity index (χ4v) is 2.22. The Morgan fingerprint density at radius 2 is 1.74 bits per heavy atom. The second-order valence-corrected chi connectivity index (χ2v) is 5.09. The number of phenols is 1. The molecule has 2 rings (SSSR count). The molecule has 0 aliphatic heterocycles. The maximum absolute atomic E-state index is 12.0. The molecule has 5 nitrogen and oxygen atoms in total. The van der Waals surface area contributed by atoms with Crippen LogP contribution in [0.5, 0.6) is 17.2 Å². The highest BCUT2D eigenvalue weighted by Gasteiger charge is 2.06. The molecule has 0 spiro atoms. The highest BCUT2D eigenvalue weighted by atomic mass is 16.5. The largest absolute Gasteiger partial charge is 0.508 e. The lowest BCUT2D eigenvalue weighted by atomic mass is 10.1. The quantitative estimate of drug-likeness (QED) is 0.578. The molecule has 5 heteroatoms. The zero-order valence-electron chi connectivity index (χ0n) is 13.3. The van der Waals surface area contributed by atoms with Gasteiger partial charge in [0, 0.05) is 5.56 Å². The van der Waals surface area contributed by atoms with Gasteiger partial charge < -0.3 is 19.9 Å². The number of aromatic hydroxyl groups is 1. The van der Waals surface area contributed by atoms with Crippen LogP contribution in [0.25, 0.3) is 0 Å². The lowest BCUT2D eigenvalue weighted by molar-refractivity contribution is 0.0991. The highest BCUT2D eigenvalue weighted by Crippen LogP contribution is 2.27. The molecule has 2 aromatic rings. The van der Waals surface area contributed by atoms with Gasteiger partial charge in [-0.25, -0.2) is 0 Å². The van der Waals surface area contributed by atoms with Crippen molar-refractivity contribution in [2.75, 3.05) is 27.3 Å². The number of methoxy groups -OCH3 is 2. The van der Waals surface area contributed by atoms with E-state index in [0.717, 1.165) is 12.0 Å². The Balaban J connectivity index is 1.81. The van der Waals surface area contributed by atoms with Crippen LogP contribution >= 0.6 is 0 Å². The molecule has 23 heavy (non-hydrogen) atoms. The van der Waals surface area contributed by atoms with Crippen LogP contribution in [0.15, 0.2) is 42.5 Å². The van der Waals surface area contributed by atoms with Gasteiger partial charge in [-0.2, -0.15) is 0 Å². The van der Waals surface area contributed by atoms with E-state index in [-0.39, 0.29) is 18.1 Å². The van der Waals surface area contributed by atoms with Gasteiger partial charge in [0.15, 0.2) is 17.3 Å². The molecule has 0 heterocycles. The number of Topliss-reactive ketones (excluding diaryl/α,β-unsaturated/α-hetero) is 1. The van der Waals surface area contributed by atoms with Gasteiger partial charge in [-0.3, -0.25) is 4.79 Å². The molecule has 0 saturated heterocycles. The Hall–Kier alpha value is -2.53. The summed E-state index contributed by atoms with van der Waals surface area (Å²) in [6.07, 6.45) is 0.781. The second kappa shape index (κ2) is 8.19. The van der Waals surface area contributed by atoms with Crippen LogP contribution in [0.1, 0.15) is 15.9 Å². The fraction of sp³-hybridized carbons (Fsp3) is 0.278. The summed E-state index contributed by atoms with van der Waals surface area (Å²) in [5.41, 5.74) is 1.69. The molecule has 0 aliphatic carbocycles. The van der Waals surface area contributed by atoms with Crippen molar-refractivity contribution in [1.82, 2.24) is 5.32 Å². The van der Waals surface area contributed by atoms with Gasteiger partial charge in [0.2, 0.25) is 0 Å². The van der Waals surface area contributed by atoms with Crippen molar-refractivity contribution in [1.29, 1.82) is 0 Å². The first-order chi connectivity index (χ1) is 11.1. The molecule has 0 saturated carbocycles. The fourth-order valence-electron chi connectivity index (χ4n) is 2.22. The van der Waals surface area contributed by atoms with Crippen LogP contribution < -0.4 is 14.8 Å². The molecule has 122 valence electrons. The van der Waals surface area contributed by atoms with E-state index in [1.54, 1.807) is 26.4 Å². The van der Waals surface area contributed by atoms with E-state index in [2.05, 4.69) is 5.32 Å². The maximum atomic E-state index is 12.0. The van der Waals surface area contributed by atoms with Crippen LogP contribution in [-0.2, 0) is 6.42 Å². The molecule has 0 radical (unpaired) electrons.